The lowest BCUT2D eigenvalue weighted by Gasteiger charge is -2.13. The van der Waals surface area contributed by atoms with Gasteiger partial charge < -0.3 is 15.4 Å². The highest BCUT2D eigenvalue weighted by Gasteiger charge is 2.16. The van der Waals surface area contributed by atoms with Crippen LogP contribution < -0.4 is 10.5 Å². The minimum absolute atomic E-state index is 0.667. The summed E-state index contributed by atoms with van der Waals surface area (Å²) in [4.78, 5) is 6.23. The summed E-state index contributed by atoms with van der Waals surface area (Å²) in [6.45, 7) is 1.65. The first-order chi connectivity index (χ1) is 9.13. The fourth-order valence-electron chi connectivity index (χ4n) is 1.86. The van der Waals surface area contributed by atoms with Crippen LogP contribution in [0, 0.1) is 0 Å². The number of pyridine rings is 1. The van der Waals surface area contributed by atoms with Gasteiger partial charge in [-0.2, -0.15) is 5.10 Å². The first-order valence-electron chi connectivity index (χ1n) is 6.08. The fourth-order valence-corrected chi connectivity index (χ4v) is 1.86. The SMILES string of the molecule is COc1cnn(CCN(C)C)c1-c1cnccc1N. The Kier molecular flexibility index (Phi) is 4.01. The standard InChI is InChI=1S/C13H19N5O/c1-17(2)6-7-18-13(12(19-3)9-16-18)10-8-15-5-4-11(10)14/h4-5,8-9H,6-7H2,1-3H3,(H2,14,15). The van der Waals surface area contributed by atoms with Gasteiger partial charge in [-0.05, 0) is 20.2 Å². The van der Waals surface area contributed by atoms with Crippen LogP contribution in [0.5, 0.6) is 5.75 Å². The summed E-state index contributed by atoms with van der Waals surface area (Å²) >= 11 is 0. The largest absolute Gasteiger partial charge is 0.493 e. The summed E-state index contributed by atoms with van der Waals surface area (Å²) in [5.41, 5.74) is 8.39. The molecule has 102 valence electrons. The lowest BCUT2D eigenvalue weighted by molar-refractivity contribution is 0.373. The third-order valence-electron chi connectivity index (χ3n) is 2.89. The summed E-state index contributed by atoms with van der Waals surface area (Å²) in [6.07, 6.45) is 5.12. The maximum atomic E-state index is 6.01. The van der Waals surface area contributed by atoms with Crippen LogP contribution in [0.4, 0.5) is 5.69 Å². The van der Waals surface area contributed by atoms with Crippen molar-refractivity contribution in [2.45, 2.75) is 6.54 Å². The van der Waals surface area contributed by atoms with E-state index in [1.807, 2.05) is 18.8 Å². The maximum absolute atomic E-state index is 6.01. The van der Waals surface area contributed by atoms with Crippen LogP contribution in [0.2, 0.25) is 0 Å². The number of hydrogen-bond acceptors (Lipinski definition) is 5. The zero-order valence-electron chi connectivity index (χ0n) is 11.5. The van der Waals surface area contributed by atoms with Crippen molar-refractivity contribution in [3.05, 3.63) is 24.7 Å². The van der Waals surface area contributed by atoms with E-state index >= 15 is 0 Å². The van der Waals surface area contributed by atoms with Gasteiger partial charge in [0.25, 0.3) is 0 Å². The van der Waals surface area contributed by atoms with Gasteiger partial charge in [-0.15, -0.1) is 0 Å². The molecule has 0 atom stereocenters. The van der Waals surface area contributed by atoms with E-state index in [1.54, 1.807) is 31.8 Å². The average molecular weight is 261 g/mol. The summed E-state index contributed by atoms with van der Waals surface area (Å²) in [5.74, 6) is 0.707. The molecule has 0 amide bonds. The van der Waals surface area contributed by atoms with E-state index in [1.165, 1.54) is 0 Å². The van der Waals surface area contributed by atoms with Crippen molar-refractivity contribution < 1.29 is 4.74 Å². The lowest BCUT2D eigenvalue weighted by atomic mass is 10.1. The Morgan fingerprint density at radius 3 is 2.79 bits per heavy atom. The Labute approximate surface area is 112 Å². The molecular weight excluding hydrogens is 242 g/mol. The molecule has 0 radical (unpaired) electrons. The lowest BCUT2D eigenvalue weighted by Crippen LogP contribution is -2.19. The molecule has 0 saturated heterocycles. The van der Waals surface area contributed by atoms with Crippen molar-refractivity contribution in [2.24, 2.45) is 0 Å². The van der Waals surface area contributed by atoms with Crippen LogP contribution in [0.1, 0.15) is 0 Å². The van der Waals surface area contributed by atoms with Gasteiger partial charge in [0.05, 0.1) is 19.9 Å². The monoisotopic (exact) mass is 261 g/mol. The minimum atomic E-state index is 0.667. The van der Waals surface area contributed by atoms with Crippen molar-refractivity contribution >= 4 is 5.69 Å². The molecule has 2 rings (SSSR count). The maximum Gasteiger partial charge on any atom is 0.164 e. The van der Waals surface area contributed by atoms with Crippen LogP contribution in [0.3, 0.4) is 0 Å². The van der Waals surface area contributed by atoms with Crippen LogP contribution in [-0.4, -0.2) is 47.4 Å². The third-order valence-corrected chi connectivity index (χ3v) is 2.89. The molecule has 0 spiro atoms. The predicted octanol–water partition coefficient (Wildman–Crippen LogP) is 1.10. The Bertz CT molecular complexity index is 550. The Balaban J connectivity index is 2.42. The van der Waals surface area contributed by atoms with Gasteiger partial charge >= 0.3 is 0 Å². The van der Waals surface area contributed by atoms with Gasteiger partial charge in [-0.25, -0.2) is 0 Å². The van der Waals surface area contributed by atoms with Gasteiger partial charge in [0.1, 0.15) is 5.69 Å². The molecule has 0 aliphatic rings. The van der Waals surface area contributed by atoms with Crippen molar-refractivity contribution in [3.63, 3.8) is 0 Å². The van der Waals surface area contributed by atoms with Crippen LogP contribution in [0.15, 0.2) is 24.7 Å². The molecule has 2 aromatic rings. The highest BCUT2D eigenvalue weighted by molar-refractivity contribution is 5.76. The van der Waals surface area contributed by atoms with Crippen molar-refractivity contribution in [1.29, 1.82) is 0 Å². The third kappa shape index (κ3) is 2.85. The van der Waals surface area contributed by atoms with E-state index in [4.69, 9.17) is 10.5 Å². The summed E-state index contributed by atoms with van der Waals surface area (Å²) in [6, 6.07) is 1.78. The molecule has 2 aromatic heterocycles. The molecule has 0 saturated carbocycles. The predicted molar refractivity (Wildman–Crippen MR) is 75.0 cm³/mol. The smallest absolute Gasteiger partial charge is 0.164 e. The fraction of sp³-hybridized carbons (Fsp3) is 0.385. The second kappa shape index (κ2) is 5.71. The molecule has 0 aromatic carbocycles. The molecule has 6 heteroatoms. The van der Waals surface area contributed by atoms with Crippen molar-refractivity contribution in [2.75, 3.05) is 33.5 Å². The molecule has 0 aliphatic heterocycles. The topological polar surface area (TPSA) is 69.2 Å². The van der Waals surface area contributed by atoms with Crippen LogP contribution in [0.25, 0.3) is 11.3 Å². The number of anilines is 1. The number of rotatable bonds is 5. The number of nitrogens with two attached hydrogens (primary N) is 1. The van der Waals surface area contributed by atoms with Gasteiger partial charge in [0, 0.05) is 30.2 Å². The zero-order valence-corrected chi connectivity index (χ0v) is 11.5. The van der Waals surface area contributed by atoms with E-state index < -0.39 is 0 Å². The first-order valence-corrected chi connectivity index (χ1v) is 6.08. The van der Waals surface area contributed by atoms with Crippen LogP contribution in [-0.2, 0) is 6.54 Å². The minimum Gasteiger partial charge on any atom is -0.493 e. The normalized spacial score (nSPS) is 10.9. The summed E-state index contributed by atoms with van der Waals surface area (Å²) in [5, 5.41) is 4.36. The number of methoxy groups -OCH3 is 1. The van der Waals surface area contributed by atoms with E-state index in [9.17, 15) is 0 Å². The molecule has 2 heterocycles. The summed E-state index contributed by atoms with van der Waals surface area (Å²) < 4.78 is 7.26. The molecule has 0 unspecified atom stereocenters. The number of likely N-dealkylation sites (N-methyl/N-ethyl adjacent to an activating group) is 1. The first kappa shape index (κ1) is 13.4. The summed E-state index contributed by atoms with van der Waals surface area (Å²) in [7, 11) is 5.68. The average Bonchev–Trinajstić information content (AvgIpc) is 2.79. The Hall–Kier alpha value is -2.08. The molecule has 6 nitrogen and oxygen atoms in total. The van der Waals surface area contributed by atoms with E-state index in [0.717, 1.165) is 24.3 Å². The number of nitrogens with zero attached hydrogens (tertiary/aromatic N) is 4. The second-order valence-electron chi connectivity index (χ2n) is 4.55. The van der Waals surface area contributed by atoms with Crippen LogP contribution >= 0.6 is 0 Å². The van der Waals surface area contributed by atoms with Gasteiger partial charge in [0.15, 0.2) is 5.75 Å². The van der Waals surface area contributed by atoms with Gasteiger partial charge in [-0.3, -0.25) is 9.67 Å². The van der Waals surface area contributed by atoms with Crippen molar-refractivity contribution in [1.82, 2.24) is 19.7 Å². The number of nitrogen functional groups attached to an aromatic ring is 1. The molecule has 0 aliphatic carbocycles. The van der Waals surface area contributed by atoms with E-state index in [0.29, 0.717) is 11.4 Å². The number of aromatic nitrogens is 3. The van der Waals surface area contributed by atoms with E-state index in [2.05, 4.69) is 15.0 Å². The van der Waals surface area contributed by atoms with E-state index in [-0.39, 0.29) is 0 Å². The molecule has 0 bridgehead atoms. The molecular formula is C13H19N5O. The number of hydrogen-bond donors (Lipinski definition) is 1. The molecule has 0 fully saturated rings. The second-order valence-corrected chi connectivity index (χ2v) is 4.55. The van der Waals surface area contributed by atoms with Gasteiger partial charge in [0.2, 0.25) is 0 Å². The molecule has 2 N–H and O–H groups in total. The number of ether oxygens (including phenoxy) is 1. The highest BCUT2D eigenvalue weighted by atomic mass is 16.5. The van der Waals surface area contributed by atoms with Crippen molar-refractivity contribution in [3.8, 4) is 17.0 Å². The Morgan fingerprint density at radius 1 is 1.37 bits per heavy atom. The Morgan fingerprint density at radius 2 is 2.16 bits per heavy atom. The quantitative estimate of drug-likeness (QED) is 0.872. The molecule has 19 heavy (non-hydrogen) atoms. The van der Waals surface area contributed by atoms with Gasteiger partial charge in [-0.1, -0.05) is 0 Å². The zero-order chi connectivity index (χ0) is 13.8. The highest BCUT2D eigenvalue weighted by Crippen LogP contribution is 2.32.